The lowest BCUT2D eigenvalue weighted by atomic mass is 10.1. The van der Waals surface area contributed by atoms with Crippen molar-refractivity contribution in [1.29, 1.82) is 0 Å². The molecule has 4 nitrogen and oxygen atoms in total. The maximum absolute atomic E-state index is 12.4. The Morgan fingerprint density at radius 2 is 1.65 bits per heavy atom. The summed E-state index contributed by atoms with van der Waals surface area (Å²) in [6.45, 7) is 11.1. The Hall–Kier alpha value is -0.770. The van der Waals surface area contributed by atoms with Gasteiger partial charge >= 0.3 is 6.03 Å². The fourth-order valence-corrected chi connectivity index (χ4v) is 2.03. The van der Waals surface area contributed by atoms with E-state index in [0.717, 1.165) is 25.9 Å². The standard InChI is InChI=1S/C13H28N2O2/c1-6-12(7-2)15(10-11-17-5)13(16)14(8-3)9-4/h12H,6-11H2,1-5H3. The fourth-order valence-electron chi connectivity index (χ4n) is 2.03. The van der Waals surface area contributed by atoms with Gasteiger partial charge in [0.2, 0.25) is 0 Å². The van der Waals surface area contributed by atoms with Crippen LogP contribution in [0, 0.1) is 0 Å². The van der Waals surface area contributed by atoms with Crippen LogP contribution in [0.4, 0.5) is 4.79 Å². The minimum atomic E-state index is 0.140. The molecule has 2 amide bonds. The number of ether oxygens (including phenoxy) is 1. The number of hydrogen-bond acceptors (Lipinski definition) is 2. The summed E-state index contributed by atoms with van der Waals surface area (Å²) in [5, 5.41) is 0. The van der Waals surface area contributed by atoms with Gasteiger partial charge in [0.1, 0.15) is 0 Å². The third-order valence-corrected chi connectivity index (χ3v) is 3.20. The molecule has 102 valence electrons. The summed E-state index contributed by atoms with van der Waals surface area (Å²) in [5.74, 6) is 0. The van der Waals surface area contributed by atoms with Gasteiger partial charge in [-0.15, -0.1) is 0 Å². The third kappa shape index (κ3) is 4.94. The van der Waals surface area contributed by atoms with E-state index in [1.54, 1.807) is 7.11 Å². The smallest absolute Gasteiger partial charge is 0.320 e. The van der Waals surface area contributed by atoms with Gasteiger partial charge in [-0.05, 0) is 26.7 Å². The number of nitrogens with zero attached hydrogens (tertiary/aromatic N) is 2. The zero-order chi connectivity index (χ0) is 13.3. The number of carbonyl (C=O) groups is 1. The molecule has 0 unspecified atom stereocenters. The summed E-state index contributed by atoms with van der Waals surface area (Å²) in [7, 11) is 1.67. The van der Waals surface area contributed by atoms with Crippen molar-refractivity contribution in [3.05, 3.63) is 0 Å². The van der Waals surface area contributed by atoms with Crippen LogP contribution in [0.25, 0.3) is 0 Å². The largest absolute Gasteiger partial charge is 0.383 e. The summed E-state index contributed by atoms with van der Waals surface area (Å²) in [6, 6.07) is 0.457. The van der Waals surface area contributed by atoms with E-state index in [1.807, 2.05) is 23.6 Å². The maximum Gasteiger partial charge on any atom is 0.320 e. The predicted molar refractivity (Wildman–Crippen MR) is 71.3 cm³/mol. The van der Waals surface area contributed by atoms with E-state index in [4.69, 9.17) is 4.74 Å². The lowest BCUT2D eigenvalue weighted by Crippen LogP contribution is -2.49. The Morgan fingerprint density at radius 1 is 1.12 bits per heavy atom. The highest BCUT2D eigenvalue weighted by molar-refractivity contribution is 5.74. The summed E-state index contributed by atoms with van der Waals surface area (Å²) >= 11 is 0. The number of hydrogen-bond donors (Lipinski definition) is 0. The average molecular weight is 244 g/mol. The second-order valence-corrected chi connectivity index (χ2v) is 4.11. The summed E-state index contributed by atoms with van der Waals surface area (Å²) in [5.41, 5.74) is 0. The van der Waals surface area contributed by atoms with Gasteiger partial charge < -0.3 is 14.5 Å². The Kier molecular flexibility index (Phi) is 8.86. The molecule has 0 heterocycles. The first kappa shape index (κ1) is 16.2. The topological polar surface area (TPSA) is 32.8 Å². The highest BCUT2D eigenvalue weighted by Gasteiger charge is 2.23. The molecule has 0 saturated heterocycles. The van der Waals surface area contributed by atoms with Crippen LogP contribution in [0.5, 0.6) is 0 Å². The molecule has 0 N–H and O–H groups in total. The van der Waals surface area contributed by atoms with Gasteiger partial charge in [-0.2, -0.15) is 0 Å². The molecule has 4 heteroatoms. The molecule has 0 spiro atoms. The summed E-state index contributed by atoms with van der Waals surface area (Å²) in [6.07, 6.45) is 1.99. The Balaban J connectivity index is 4.69. The number of rotatable bonds is 8. The average Bonchev–Trinajstić information content (AvgIpc) is 2.35. The second-order valence-electron chi connectivity index (χ2n) is 4.11. The molecule has 0 aliphatic carbocycles. The van der Waals surface area contributed by atoms with Gasteiger partial charge in [-0.1, -0.05) is 13.8 Å². The molecule has 0 saturated carbocycles. The maximum atomic E-state index is 12.4. The highest BCUT2D eigenvalue weighted by Crippen LogP contribution is 2.11. The van der Waals surface area contributed by atoms with E-state index in [1.165, 1.54) is 0 Å². The van der Waals surface area contributed by atoms with Crippen LogP contribution in [0.2, 0.25) is 0 Å². The molecule has 0 radical (unpaired) electrons. The van der Waals surface area contributed by atoms with E-state index in [0.29, 0.717) is 19.2 Å². The zero-order valence-electron chi connectivity index (χ0n) is 12.0. The van der Waals surface area contributed by atoms with Crippen molar-refractivity contribution in [3.8, 4) is 0 Å². The van der Waals surface area contributed by atoms with Gasteiger partial charge in [0.05, 0.1) is 6.61 Å². The number of methoxy groups -OCH3 is 1. The SMILES string of the molecule is CCC(CC)N(CCOC)C(=O)N(CC)CC. The normalized spacial score (nSPS) is 10.7. The Labute approximate surface area is 106 Å². The van der Waals surface area contributed by atoms with Crippen molar-refractivity contribution in [2.45, 2.75) is 46.6 Å². The molecule has 0 atom stereocenters. The van der Waals surface area contributed by atoms with Crippen molar-refractivity contribution >= 4 is 6.03 Å². The van der Waals surface area contributed by atoms with Gasteiger partial charge in [0.25, 0.3) is 0 Å². The van der Waals surface area contributed by atoms with Crippen LogP contribution in [-0.4, -0.2) is 55.2 Å². The molecular formula is C13H28N2O2. The molecular weight excluding hydrogens is 216 g/mol. The fraction of sp³-hybridized carbons (Fsp3) is 0.923. The van der Waals surface area contributed by atoms with E-state index < -0.39 is 0 Å². The van der Waals surface area contributed by atoms with Crippen molar-refractivity contribution < 1.29 is 9.53 Å². The molecule has 0 bridgehead atoms. The Bertz CT molecular complexity index is 202. The Morgan fingerprint density at radius 3 is 2.00 bits per heavy atom. The quantitative estimate of drug-likeness (QED) is 0.657. The van der Waals surface area contributed by atoms with Crippen LogP contribution >= 0.6 is 0 Å². The van der Waals surface area contributed by atoms with E-state index in [2.05, 4.69) is 13.8 Å². The first-order chi connectivity index (χ1) is 8.15. The van der Waals surface area contributed by atoms with Crippen LogP contribution in [0.15, 0.2) is 0 Å². The van der Waals surface area contributed by atoms with E-state index >= 15 is 0 Å². The summed E-state index contributed by atoms with van der Waals surface area (Å²) in [4.78, 5) is 16.2. The molecule has 0 aromatic heterocycles. The first-order valence-electron chi connectivity index (χ1n) is 6.70. The molecule has 17 heavy (non-hydrogen) atoms. The molecule has 0 rings (SSSR count). The minimum absolute atomic E-state index is 0.140. The minimum Gasteiger partial charge on any atom is -0.383 e. The van der Waals surface area contributed by atoms with Gasteiger partial charge in [0.15, 0.2) is 0 Å². The lowest BCUT2D eigenvalue weighted by molar-refractivity contribution is 0.104. The second kappa shape index (κ2) is 9.28. The van der Waals surface area contributed by atoms with Gasteiger partial charge in [0, 0.05) is 32.8 Å². The number of urea groups is 1. The third-order valence-electron chi connectivity index (χ3n) is 3.20. The molecule has 0 aromatic carbocycles. The van der Waals surface area contributed by atoms with Gasteiger partial charge in [-0.25, -0.2) is 4.79 Å². The van der Waals surface area contributed by atoms with Crippen molar-refractivity contribution in [2.75, 3.05) is 33.4 Å². The molecule has 0 aliphatic rings. The van der Waals surface area contributed by atoms with Crippen molar-refractivity contribution in [3.63, 3.8) is 0 Å². The molecule has 0 aliphatic heterocycles. The zero-order valence-corrected chi connectivity index (χ0v) is 12.0. The van der Waals surface area contributed by atoms with Crippen molar-refractivity contribution in [2.24, 2.45) is 0 Å². The molecule has 0 aromatic rings. The molecule has 0 fully saturated rings. The van der Waals surface area contributed by atoms with Crippen LogP contribution in [0.1, 0.15) is 40.5 Å². The first-order valence-corrected chi connectivity index (χ1v) is 6.70. The van der Waals surface area contributed by atoms with Gasteiger partial charge in [-0.3, -0.25) is 0 Å². The predicted octanol–water partition coefficient (Wildman–Crippen LogP) is 2.59. The van der Waals surface area contributed by atoms with E-state index in [9.17, 15) is 4.79 Å². The van der Waals surface area contributed by atoms with Crippen LogP contribution in [0.3, 0.4) is 0 Å². The number of carbonyl (C=O) groups excluding carboxylic acids is 1. The summed E-state index contributed by atoms with van der Waals surface area (Å²) < 4.78 is 5.10. The monoisotopic (exact) mass is 244 g/mol. The number of amides is 2. The lowest BCUT2D eigenvalue weighted by Gasteiger charge is -2.34. The van der Waals surface area contributed by atoms with Crippen LogP contribution in [-0.2, 0) is 4.74 Å². The highest BCUT2D eigenvalue weighted by atomic mass is 16.5. The van der Waals surface area contributed by atoms with Crippen molar-refractivity contribution in [1.82, 2.24) is 9.80 Å². The van der Waals surface area contributed by atoms with E-state index in [-0.39, 0.29) is 6.03 Å². The van der Waals surface area contributed by atoms with Crippen LogP contribution < -0.4 is 0 Å².